The van der Waals surface area contributed by atoms with Crippen molar-refractivity contribution in [2.45, 2.75) is 20.0 Å². The molecule has 0 saturated carbocycles. The molecule has 1 heterocycles. The number of carbonyl (C=O) groups is 1. The first-order valence-corrected chi connectivity index (χ1v) is 9.03. The number of carbonyl (C=O) groups excluding carboxylic acids is 1. The van der Waals surface area contributed by atoms with Gasteiger partial charge in [0.2, 0.25) is 5.91 Å². The van der Waals surface area contributed by atoms with Crippen molar-refractivity contribution >= 4 is 21.8 Å². The molecule has 0 bridgehead atoms. The Bertz CT molecular complexity index is 973. The minimum Gasteiger partial charge on any atom is -0.492 e. The molecule has 0 spiro atoms. The predicted molar refractivity (Wildman–Crippen MR) is 103 cm³/mol. The van der Waals surface area contributed by atoms with Crippen molar-refractivity contribution in [2.24, 2.45) is 0 Å². The summed E-state index contributed by atoms with van der Waals surface area (Å²) in [5.41, 5.74) is -1.56. The van der Waals surface area contributed by atoms with Crippen molar-refractivity contribution in [3.63, 3.8) is 0 Å². The third-order valence-electron chi connectivity index (χ3n) is 3.93. The summed E-state index contributed by atoms with van der Waals surface area (Å²) in [6, 6.07) is 9.04. The normalized spacial score (nSPS) is 10.3. The Morgan fingerprint density at radius 1 is 1.30 bits per heavy atom. The second kappa shape index (κ2) is 9.19. The molecular weight excluding hydrogens is 416 g/mol. The number of aromatic nitrogens is 2. The lowest BCUT2D eigenvalue weighted by Gasteiger charge is -2.18. The number of amides is 1. The monoisotopic (exact) mass is 434 g/mol. The summed E-state index contributed by atoms with van der Waals surface area (Å²) in [4.78, 5) is 38.2. The fourth-order valence-corrected chi connectivity index (χ4v) is 2.57. The maximum Gasteiger partial charge on any atom is 0.331 e. The third kappa shape index (κ3) is 5.08. The number of hydrogen-bond donors (Lipinski definition) is 0. The average molecular weight is 435 g/mol. The number of rotatable bonds is 7. The highest BCUT2D eigenvalue weighted by Gasteiger charge is 2.16. The molecule has 8 nitrogen and oxygen atoms in total. The van der Waals surface area contributed by atoms with Crippen LogP contribution >= 0.6 is 15.9 Å². The summed E-state index contributed by atoms with van der Waals surface area (Å²) in [5.74, 6) is 0.245. The minimum absolute atomic E-state index is 0.175. The molecule has 0 radical (unpaired) electrons. The summed E-state index contributed by atoms with van der Waals surface area (Å²) in [6.45, 7) is 2.12. The van der Waals surface area contributed by atoms with E-state index in [0.717, 1.165) is 9.04 Å². The first-order chi connectivity index (χ1) is 12.9. The Labute approximate surface area is 164 Å². The third-order valence-corrected chi connectivity index (χ3v) is 4.46. The number of halogens is 1. The molecule has 0 atom stereocenters. The van der Waals surface area contributed by atoms with Crippen LogP contribution in [-0.2, 0) is 17.9 Å². The number of nitriles is 1. The molecule has 1 aromatic heterocycles. The fourth-order valence-electron chi connectivity index (χ4n) is 2.31. The standard InChI is InChI=1S/C18H19BrN4O4/c1-3-22-11-13(10-20)17(25)23(18(22)26)12-16(24)21(2)8-9-27-15-6-4-14(19)5-7-15/h4-7,11H,3,8-9,12H2,1-2H3. The van der Waals surface area contributed by atoms with Gasteiger partial charge < -0.3 is 9.64 Å². The summed E-state index contributed by atoms with van der Waals surface area (Å²) in [5, 5.41) is 9.05. The van der Waals surface area contributed by atoms with Gasteiger partial charge in [0.15, 0.2) is 0 Å². The molecular formula is C18H19BrN4O4. The van der Waals surface area contributed by atoms with Gasteiger partial charge in [0.25, 0.3) is 5.56 Å². The molecule has 142 valence electrons. The molecule has 2 aromatic rings. The van der Waals surface area contributed by atoms with E-state index < -0.39 is 23.7 Å². The van der Waals surface area contributed by atoms with Crippen LogP contribution in [0.2, 0.25) is 0 Å². The zero-order valence-corrected chi connectivity index (χ0v) is 16.6. The number of nitrogens with zero attached hydrogens (tertiary/aromatic N) is 4. The van der Waals surface area contributed by atoms with Crippen molar-refractivity contribution in [3.8, 4) is 11.8 Å². The van der Waals surface area contributed by atoms with Gasteiger partial charge in [0, 0.05) is 24.3 Å². The Kier molecular flexibility index (Phi) is 6.96. The van der Waals surface area contributed by atoms with Crippen molar-refractivity contribution in [3.05, 3.63) is 61.3 Å². The van der Waals surface area contributed by atoms with Gasteiger partial charge in [-0.3, -0.25) is 14.2 Å². The van der Waals surface area contributed by atoms with Gasteiger partial charge in [-0.05, 0) is 31.2 Å². The maximum absolute atomic E-state index is 12.4. The lowest BCUT2D eigenvalue weighted by atomic mass is 10.3. The van der Waals surface area contributed by atoms with E-state index in [0.29, 0.717) is 12.3 Å². The highest BCUT2D eigenvalue weighted by atomic mass is 79.9. The molecule has 0 aliphatic rings. The van der Waals surface area contributed by atoms with E-state index >= 15 is 0 Å². The smallest absolute Gasteiger partial charge is 0.331 e. The second-order valence-electron chi connectivity index (χ2n) is 5.73. The average Bonchev–Trinajstić information content (AvgIpc) is 2.66. The topological polar surface area (TPSA) is 97.3 Å². The van der Waals surface area contributed by atoms with Crippen LogP contribution in [0.15, 0.2) is 44.5 Å². The van der Waals surface area contributed by atoms with Crippen LogP contribution < -0.4 is 16.0 Å². The first-order valence-electron chi connectivity index (χ1n) is 8.24. The zero-order chi connectivity index (χ0) is 20.0. The number of likely N-dealkylation sites (N-methyl/N-ethyl adjacent to an activating group) is 1. The van der Waals surface area contributed by atoms with Crippen molar-refractivity contribution in [1.29, 1.82) is 5.26 Å². The van der Waals surface area contributed by atoms with E-state index in [1.807, 2.05) is 12.1 Å². The largest absolute Gasteiger partial charge is 0.492 e. The molecule has 9 heteroatoms. The van der Waals surface area contributed by atoms with Crippen LogP contribution in [0.3, 0.4) is 0 Å². The molecule has 0 saturated heterocycles. The summed E-state index contributed by atoms with van der Waals surface area (Å²) >= 11 is 3.34. The first kappa shape index (κ1) is 20.5. The van der Waals surface area contributed by atoms with Crippen molar-refractivity contribution in [1.82, 2.24) is 14.0 Å². The summed E-state index contributed by atoms with van der Waals surface area (Å²) in [7, 11) is 1.56. The molecule has 0 N–H and O–H groups in total. The number of aryl methyl sites for hydroxylation is 1. The lowest BCUT2D eigenvalue weighted by Crippen LogP contribution is -2.45. The summed E-state index contributed by atoms with van der Waals surface area (Å²) in [6.07, 6.45) is 1.21. The minimum atomic E-state index is -0.764. The maximum atomic E-state index is 12.4. The van der Waals surface area contributed by atoms with Crippen LogP contribution in [0, 0.1) is 11.3 Å². The van der Waals surface area contributed by atoms with Gasteiger partial charge in [0.1, 0.15) is 30.5 Å². The summed E-state index contributed by atoms with van der Waals surface area (Å²) < 4.78 is 8.51. The van der Waals surface area contributed by atoms with Crippen LogP contribution in [0.25, 0.3) is 0 Å². The van der Waals surface area contributed by atoms with E-state index in [9.17, 15) is 14.4 Å². The van der Waals surface area contributed by atoms with Gasteiger partial charge in [-0.15, -0.1) is 0 Å². The predicted octanol–water partition coefficient (Wildman–Crippen LogP) is 1.20. The molecule has 0 aliphatic carbocycles. The van der Waals surface area contributed by atoms with Gasteiger partial charge in [-0.1, -0.05) is 15.9 Å². The molecule has 0 aliphatic heterocycles. The number of ether oxygens (including phenoxy) is 1. The Balaban J connectivity index is 2.04. The van der Waals surface area contributed by atoms with Gasteiger partial charge in [-0.2, -0.15) is 5.26 Å². The molecule has 1 amide bonds. The number of benzene rings is 1. The molecule has 0 unspecified atom stereocenters. The second-order valence-corrected chi connectivity index (χ2v) is 6.65. The molecule has 1 aromatic carbocycles. The van der Waals surface area contributed by atoms with Gasteiger partial charge >= 0.3 is 5.69 Å². The highest BCUT2D eigenvalue weighted by Crippen LogP contribution is 2.15. The highest BCUT2D eigenvalue weighted by molar-refractivity contribution is 9.10. The van der Waals surface area contributed by atoms with E-state index in [1.54, 1.807) is 32.2 Å². The number of hydrogen-bond acceptors (Lipinski definition) is 5. The quantitative estimate of drug-likeness (QED) is 0.651. The van der Waals surface area contributed by atoms with Crippen LogP contribution in [-0.4, -0.2) is 40.1 Å². The molecule has 2 rings (SSSR count). The molecule has 27 heavy (non-hydrogen) atoms. The SMILES string of the molecule is CCn1cc(C#N)c(=O)n(CC(=O)N(C)CCOc2ccc(Br)cc2)c1=O. The van der Waals surface area contributed by atoms with E-state index in [-0.39, 0.29) is 18.7 Å². The lowest BCUT2D eigenvalue weighted by molar-refractivity contribution is -0.131. The Morgan fingerprint density at radius 2 is 1.96 bits per heavy atom. The van der Waals surface area contributed by atoms with E-state index in [4.69, 9.17) is 10.00 Å². The fraction of sp³-hybridized carbons (Fsp3) is 0.333. The van der Waals surface area contributed by atoms with Crippen LogP contribution in [0.5, 0.6) is 5.75 Å². The van der Waals surface area contributed by atoms with Crippen molar-refractivity contribution in [2.75, 3.05) is 20.2 Å². The van der Waals surface area contributed by atoms with Gasteiger partial charge in [-0.25, -0.2) is 9.36 Å². The van der Waals surface area contributed by atoms with Crippen LogP contribution in [0.4, 0.5) is 0 Å². The van der Waals surface area contributed by atoms with Crippen LogP contribution in [0.1, 0.15) is 12.5 Å². The molecule has 0 fully saturated rings. The Morgan fingerprint density at radius 3 is 2.56 bits per heavy atom. The van der Waals surface area contributed by atoms with E-state index in [1.165, 1.54) is 15.7 Å². The van der Waals surface area contributed by atoms with E-state index in [2.05, 4.69) is 15.9 Å². The van der Waals surface area contributed by atoms with Gasteiger partial charge in [0.05, 0.1) is 6.54 Å². The van der Waals surface area contributed by atoms with Crippen molar-refractivity contribution < 1.29 is 9.53 Å². The Hall–Kier alpha value is -2.86. The zero-order valence-electron chi connectivity index (χ0n) is 15.0.